The molecule has 1 aromatic rings. The van der Waals surface area contributed by atoms with Crippen LogP contribution >= 0.6 is 44.1 Å². The second-order valence-electron chi connectivity index (χ2n) is 4.73. The summed E-state index contributed by atoms with van der Waals surface area (Å²) in [5.41, 5.74) is 5.89. The fourth-order valence-corrected chi connectivity index (χ4v) is 3.85. The van der Waals surface area contributed by atoms with Gasteiger partial charge in [-0.25, -0.2) is 0 Å². The van der Waals surface area contributed by atoms with Gasteiger partial charge in [0, 0.05) is 8.95 Å². The van der Waals surface area contributed by atoms with E-state index in [0.717, 1.165) is 34.6 Å². The maximum atomic E-state index is 12.4. The third-order valence-electron chi connectivity index (χ3n) is 3.46. The lowest BCUT2D eigenvalue weighted by molar-refractivity contribution is 0.0923. The first-order chi connectivity index (χ1) is 8.94. The molecule has 0 aromatic heterocycles. The van der Waals surface area contributed by atoms with Gasteiger partial charge in [0.1, 0.15) is 0 Å². The van der Waals surface area contributed by atoms with Gasteiger partial charge in [0.2, 0.25) is 0 Å². The van der Waals surface area contributed by atoms with Crippen molar-refractivity contribution in [2.75, 3.05) is 0 Å². The molecule has 0 heterocycles. The minimum absolute atomic E-state index is 0.144. The number of nitrogens with one attached hydrogen (secondary N) is 1. The number of thiocarbonyl (C=S) groups is 1. The molecule has 0 aliphatic heterocycles. The number of hydrogen-bond acceptors (Lipinski definition) is 2. The Hall–Kier alpha value is -0.460. The van der Waals surface area contributed by atoms with Crippen LogP contribution in [0.2, 0.25) is 0 Å². The predicted octanol–water partition coefficient (Wildman–Crippen LogP) is 3.54. The molecule has 6 heteroatoms. The Kier molecular flexibility index (Phi) is 4.63. The van der Waals surface area contributed by atoms with E-state index in [1.807, 2.05) is 12.1 Å². The zero-order valence-electron chi connectivity index (χ0n) is 10.2. The van der Waals surface area contributed by atoms with Crippen LogP contribution in [0.3, 0.4) is 0 Å². The van der Waals surface area contributed by atoms with Gasteiger partial charge in [-0.3, -0.25) is 4.79 Å². The molecular weight excluding hydrogens is 392 g/mol. The summed E-state index contributed by atoms with van der Waals surface area (Å²) in [6.45, 7) is 0. The molecule has 1 amide bonds. The van der Waals surface area contributed by atoms with Gasteiger partial charge in [0.15, 0.2) is 0 Å². The number of carbonyl (C=O) groups is 1. The quantitative estimate of drug-likeness (QED) is 0.756. The van der Waals surface area contributed by atoms with Crippen molar-refractivity contribution in [2.24, 2.45) is 5.73 Å². The molecule has 2 rings (SSSR count). The van der Waals surface area contributed by atoms with Gasteiger partial charge in [-0.05, 0) is 47.0 Å². The molecule has 102 valence electrons. The van der Waals surface area contributed by atoms with E-state index in [4.69, 9.17) is 18.0 Å². The van der Waals surface area contributed by atoms with Crippen LogP contribution in [0.4, 0.5) is 0 Å². The number of amides is 1. The molecular formula is C13H14Br2N2OS. The lowest BCUT2D eigenvalue weighted by atomic mass is 9.97. The summed E-state index contributed by atoms with van der Waals surface area (Å²) >= 11 is 11.9. The number of hydrogen-bond donors (Lipinski definition) is 2. The summed E-state index contributed by atoms with van der Waals surface area (Å²) < 4.78 is 1.66. The van der Waals surface area contributed by atoms with Crippen LogP contribution < -0.4 is 11.1 Å². The van der Waals surface area contributed by atoms with Crippen LogP contribution in [-0.2, 0) is 0 Å². The number of benzene rings is 1. The molecule has 3 nitrogen and oxygen atoms in total. The second kappa shape index (κ2) is 5.89. The molecule has 0 radical (unpaired) electrons. The van der Waals surface area contributed by atoms with Gasteiger partial charge in [-0.1, -0.05) is 41.0 Å². The second-order valence-corrected chi connectivity index (χ2v) is 6.94. The van der Waals surface area contributed by atoms with Crippen molar-refractivity contribution in [3.8, 4) is 0 Å². The standard InChI is InChI=1S/C13H14Br2N2OS/c14-8-3-4-9(10(15)7-8)11(18)17-13(12(16)19)5-1-2-6-13/h3-4,7H,1-2,5-6H2,(H2,16,19)(H,17,18). The Morgan fingerprint density at radius 1 is 1.32 bits per heavy atom. The highest BCUT2D eigenvalue weighted by Gasteiger charge is 2.38. The third-order valence-corrected chi connectivity index (χ3v) is 5.00. The van der Waals surface area contributed by atoms with E-state index in [1.165, 1.54) is 0 Å². The largest absolute Gasteiger partial charge is 0.391 e. The van der Waals surface area contributed by atoms with Crippen LogP contribution in [-0.4, -0.2) is 16.4 Å². The molecule has 1 aliphatic carbocycles. The molecule has 1 aromatic carbocycles. The molecule has 1 fully saturated rings. The molecule has 1 aliphatic rings. The van der Waals surface area contributed by atoms with E-state index in [0.29, 0.717) is 10.6 Å². The zero-order chi connectivity index (χ0) is 14.0. The van der Waals surface area contributed by atoms with Crippen molar-refractivity contribution in [3.05, 3.63) is 32.7 Å². The van der Waals surface area contributed by atoms with Gasteiger partial charge in [-0.15, -0.1) is 0 Å². The molecule has 0 atom stereocenters. The van der Waals surface area contributed by atoms with Crippen LogP contribution in [0.1, 0.15) is 36.0 Å². The van der Waals surface area contributed by atoms with Gasteiger partial charge in [-0.2, -0.15) is 0 Å². The molecule has 3 N–H and O–H groups in total. The predicted molar refractivity (Wildman–Crippen MR) is 87.3 cm³/mol. The summed E-state index contributed by atoms with van der Waals surface area (Å²) in [5, 5.41) is 3.02. The molecule has 19 heavy (non-hydrogen) atoms. The smallest absolute Gasteiger partial charge is 0.253 e. The number of nitrogens with two attached hydrogens (primary N) is 1. The van der Waals surface area contributed by atoms with Crippen molar-refractivity contribution in [3.63, 3.8) is 0 Å². The minimum Gasteiger partial charge on any atom is -0.391 e. The monoisotopic (exact) mass is 404 g/mol. The average molecular weight is 406 g/mol. The molecule has 0 spiro atoms. The zero-order valence-corrected chi connectivity index (χ0v) is 14.2. The summed E-state index contributed by atoms with van der Waals surface area (Å²) in [7, 11) is 0. The first kappa shape index (κ1) is 14.9. The van der Waals surface area contributed by atoms with E-state index < -0.39 is 5.54 Å². The SMILES string of the molecule is NC(=S)C1(NC(=O)c2ccc(Br)cc2Br)CCCC1. The van der Waals surface area contributed by atoms with E-state index in [-0.39, 0.29) is 5.91 Å². The maximum Gasteiger partial charge on any atom is 0.253 e. The Morgan fingerprint density at radius 2 is 1.95 bits per heavy atom. The van der Waals surface area contributed by atoms with Crippen LogP contribution in [0.15, 0.2) is 27.1 Å². The van der Waals surface area contributed by atoms with Gasteiger partial charge >= 0.3 is 0 Å². The summed E-state index contributed by atoms with van der Waals surface area (Å²) in [6.07, 6.45) is 3.72. The van der Waals surface area contributed by atoms with Crippen molar-refractivity contribution < 1.29 is 4.79 Å². The third kappa shape index (κ3) is 3.17. The van der Waals surface area contributed by atoms with Crippen LogP contribution in [0.5, 0.6) is 0 Å². The Labute approximate surface area is 134 Å². The van der Waals surface area contributed by atoms with Gasteiger partial charge < -0.3 is 11.1 Å². The Balaban J connectivity index is 2.22. The summed E-state index contributed by atoms with van der Waals surface area (Å²) in [6, 6.07) is 5.45. The van der Waals surface area contributed by atoms with E-state index >= 15 is 0 Å². The van der Waals surface area contributed by atoms with Crippen molar-refractivity contribution >= 4 is 55.0 Å². The molecule has 0 bridgehead atoms. The lowest BCUT2D eigenvalue weighted by Gasteiger charge is -2.29. The number of halogens is 2. The fraction of sp³-hybridized carbons (Fsp3) is 0.385. The first-order valence-electron chi connectivity index (χ1n) is 6.02. The van der Waals surface area contributed by atoms with Gasteiger partial charge in [0.25, 0.3) is 5.91 Å². The van der Waals surface area contributed by atoms with Crippen LogP contribution in [0, 0.1) is 0 Å². The van der Waals surface area contributed by atoms with Crippen LogP contribution in [0.25, 0.3) is 0 Å². The minimum atomic E-state index is -0.515. The maximum absolute atomic E-state index is 12.4. The van der Waals surface area contributed by atoms with E-state index in [2.05, 4.69) is 37.2 Å². The Bertz CT molecular complexity index is 527. The normalized spacial score (nSPS) is 17.2. The topological polar surface area (TPSA) is 55.1 Å². The highest BCUT2D eigenvalue weighted by atomic mass is 79.9. The van der Waals surface area contributed by atoms with E-state index in [1.54, 1.807) is 6.07 Å². The van der Waals surface area contributed by atoms with Gasteiger partial charge in [0.05, 0.1) is 16.1 Å². The Morgan fingerprint density at radius 3 is 2.47 bits per heavy atom. The first-order valence-corrected chi connectivity index (χ1v) is 8.01. The lowest BCUT2D eigenvalue weighted by Crippen LogP contribution is -2.54. The summed E-state index contributed by atoms with van der Waals surface area (Å²) in [5.74, 6) is -0.144. The molecule has 1 saturated carbocycles. The fourth-order valence-electron chi connectivity index (χ4n) is 2.37. The summed E-state index contributed by atoms with van der Waals surface area (Å²) in [4.78, 5) is 12.8. The molecule has 0 saturated heterocycles. The van der Waals surface area contributed by atoms with Crippen molar-refractivity contribution in [2.45, 2.75) is 31.2 Å². The number of carbonyl (C=O) groups excluding carboxylic acids is 1. The van der Waals surface area contributed by atoms with Crippen molar-refractivity contribution in [1.29, 1.82) is 0 Å². The molecule has 0 unspecified atom stereocenters. The van der Waals surface area contributed by atoms with E-state index in [9.17, 15) is 4.79 Å². The highest BCUT2D eigenvalue weighted by molar-refractivity contribution is 9.11. The van der Waals surface area contributed by atoms with Crippen molar-refractivity contribution in [1.82, 2.24) is 5.32 Å². The highest BCUT2D eigenvalue weighted by Crippen LogP contribution is 2.31. The average Bonchev–Trinajstić information content (AvgIpc) is 2.78. The number of rotatable bonds is 3.